The number of hydrogen-bond acceptors (Lipinski definition) is 8. The second kappa shape index (κ2) is 4.59. The Labute approximate surface area is 97.7 Å². The first-order valence-electron chi connectivity index (χ1n) is 4.39. The van der Waals surface area contributed by atoms with Crippen molar-refractivity contribution in [3.05, 3.63) is 0 Å². The summed E-state index contributed by atoms with van der Waals surface area (Å²) >= 11 is -5.94. The van der Waals surface area contributed by atoms with Gasteiger partial charge in [0.05, 0.1) is 0 Å². The summed E-state index contributed by atoms with van der Waals surface area (Å²) in [6, 6.07) is 0. The van der Waals surface area contributed by atoms with Crippen LogP contribution in [0.4, 0.5) is 0 Å². The van der Waals surface area contributed by atoms with E-state index in [9.17, 15) is 29.3 Å². The Kier molecular flexibility index (Phi) is 4.07. The molecule has 102 valence electrons. The minimum atomic E-state index is -5.94. The minimum absolute atomic E-state index is 2.01. The van der Waals surface area contributed by atoms with Gasteiger partial charge in [0.15, 0.2) is 0 Å². The van der Waals surface area contributed by atoms with E-state index in [2.05, 4.69) is 3.73 Å². The van der Waals surface area contributed by atoms with Gasteiger partial charge >= 0.3 is 97.1 Å². The fourth-order valence-electron chi connectivity index (χ4n) is 1.54. The standard InChI is InChI=1S/C6H13AsO10/c8-1-2(9)4(11)6(13,5(12)3(1)10)17-7(14,15)16/h1-5,8-13H,(H2,14,15,16)/t1-,2-,3+,4-,5-,6-/m1/s1. The molecule has 10 nitrogen and oxygen atoms in total. The fourth-order valence-corrected chi connectivity index (χ4v) is 2.79. The van der Waals surface area contributed by atoms with E-state index in [0.29, 0.717) is 0 Å². The Morgan fingerprint density at radius 2 is 1.24 bits per heavy atom. The third-order valence-corrected chi connectivity index (χ3v) is 3.57. The van der Waals surface area contributed by atoms with E-state index in [1.807, 2.05) is 0 Å². The number of hydrogen-bond donors (Lipinski definition) is 8. The first-order valence-corrected chi connectivity index (χ1v) is 7.61. The van der Waals surface area contributed by atoms with Crippen LogP contribution < -0.4 is 0 Å². The van der Waals surface area contributed by atoms with E-state index in [4.69, 9.17) is 13.3 Å². The van der Waals surface area contributed by atoms with Gasteiger partial charge < -0.3 is 0 Å². The van der Waals surface area contributed by atoms with Crippen molar-refractivity contribution in [2.45, 2.75) is 36.3 Å². The molecule has 0 spiro atoms. The summed E-state index contributed by atoms with van der Waals surface area (Å²) in [5, 5.41) is 55.8. The monoisotopic (exact) mass is 320 g/mol. The van der Waals surface area contributed by atoms with Crippen LogP contribution in [0.5, 0.6) is 0 Å². The zero-order valence-corrected chi connectivity index (χ0v) is 10.1. The van der Waals surface area contributed by atoms with Crippen LogP contribution in [0.2, 0.25) is 0 Å². The van der Waals surface area contributed by atoms with E-state index < -0.39 is 50.8 Å². The average Bonchev–Trinajstić information content (AvgIpc) is 2.19. The van der Waals surface area contributed by atoms with Crippen molar-refractivity contribution in [2.75, 3.05) is 0 Å². The molecule has 0 unspecified atom stereocenters. The fraction of sp³-hybridized carbons (Fsp3) is 1.00. The molecule has 1 fully saturated rings. The molecule has 1 aliphatic carbocycles. The van der Waals surface area contributed by atoms with Gasteiger partial charge in [-0.05, 0) is 0 Å². The molecule has 0 aromatic heterocycles. The summed E-state index contributed by atoms with van der Waals surface area (Å²) in [5.74, 6) is -3.28. The molecule has 0 heterocycles. The van der Waals surface area contributed by atoms with Crippen molar-refractivity contribution in [2.24, 2.45) is 0 Å². The summed E-state index contributed by atoms with van der Waals surface area (Å²) in [6.07, 6.45) is -11.1. The molecule has 0 bridgehead atoms. The van der Waals surface area contributed by atoms with Crippen molar-refractivity contribution in [3.8, 4) is 0 Å². The molecule has 0 saturated heterocycles. The van der Waals surface area contributed by atoms with E-state index >= 15 is 0 Å². The summed E-state index contributed by atoms with van der Waals surface area (Å²) in [4.78, 5) is 0. The maximum absolute atomic E-state index is 10.6. The first kappa shape index (κ1) is 15.1. The van der Waals surface area contributed by atoms with Crippen LogP contribution >= 0.6 is 0 Å². The van der Waals surface area contributed by atoms with Gasteiger partial charge in [-0.15, -0.1) is 0 Å². The molecule has 8 N–H and O–H groups in total. The van der Waals surface area contributed by atoms with Gasteiger partial charge in [-0.3, -0.25) is 0 Å². The van der Waals surface area contributed by atoms with Crippen molar-refractivity contribution in [3.63, 3.8) is 0 Å². The second-order valence-electron chi connectivity index (χ2n) is 3.70. The van der Waals surface area contributed by atoms with Crippen LogP contribution in [-0.4, -0.2) is 89.7 Å². The molecule has 1 rings (SSSR count). The predicted molar refractivity (Wildman–Crippen MR) is 46.9 cm³/mol. The summed E-state index contributed by atoms with van der Waals surface area (Å²) in [6.45, 7) is 0. The second-order valence-corrected chi connectivity index (χ2v) is 6.14. The molecular weight excluding hydrogens is 307 g/mol. The molecule has 0 aromatic carbocycles. The SMILES string of the molecule is O=[As](O)(O)O[C@]1(O)[C@H](O)[C@H](O)[C@@H](O)[C@H](O)[C@H]1O. The molecule has 1 saturated carbocycles. The maximum atomic E-state index is 10.6. The molecule has 17 heavy (non-hydrogen) atoms. The van der Waals surface area contributed by atoms with Crippen LogP contribution in [0.1, 0.15) is 0 Å². The Morgan fingerprint density at radius 1 is 0.882 bits per heavy atom. The van der Waals surface area contributed by atoms with Gasteiger partial charge in [0, 0.05) is 0 Å². The van der Waals surface area contributed by atoms with Crippen LogP contribution in [0.25, 0.3) is 0 Å². The Bertz CT molecular complexity index is 311. The quantitative estimate of drug-likeness (QED) is 0.180. The first-order chi connectivity index (χ1) is 7.50. The molecule has 6 atom stereocenters. The zero-order chi connectivity index (χ0) is 13.6. The van der Waals surface area contributed by atoms with E-state index in [1.54, 1.807) is 0 Å². The molecule has 0 radical (unpaired) electrons. The number of rotatable bonds is 2. The molecule has 0 amide bonds. The van der Waals surface area contributed by atoms with Crippen LogP contribution in [0, 0.1) is 0 Å². The molecular formula is C6H13AsO10. The van der Waals surface area contributed by atoms with Crippen molar-refractivity contribution in [1.29, 1.82) is 0 Å². The summed E-state index contributed by atoms with van der Waals surface area (Å²) in [5.41, 5.74) is 0. The Balaban J connectivity index is 3.08. The van der Waals surface area contributed by atoms with Crippen molar-refractivity contribution in [1.82, 2.24) is 0 Å². The van der Waals surface area contributed by atoms with Crippen molar-refractivity contribution >= 4 is 14.5 Å². The number of aliphatic hydroxyl groups excluding tert-OH is 5. The van der Waals surface area contributed by atoms with Crippen molar-refractivity contribution < 1.29 is 46.3 Å². The third kappa shape index (κ3) is 2.71. The molecule has 11 heteroatoms. The third-order valence-electron chi connectivity index (χ3n) is 2.46. The molecule has 1 aliphatic rings. The average molecular weight is 320 g/mol. The van der Waals surface area contributed by atoms with Gasteiger partial charge in [0.1, 0.15) is 0 Å². The van der Waals surface area contributed by atoms with E-state index in [1.165, 1.54) is 0 Å². The number of aliphatic hydroxyl groups is 6. The zero-order valence-electron chi connectivity index (χ0n) is 8.23. The van der Waals surface area contributed by atoms with Gasteiger partial charge in [0.25, 0.3) is 0 Å². The van der Waals surface area contributed by atoms with Gasteiger partial charge in [-0.2, -0.15) is 0 Å². The Hall–Kier alpha value is -0.00156. The van der Waals surface area contributed by atoms with Crippen LogP contribution in [0.3, 0.4) is 0 Å². The summed E-state index contributed by atoms with van der Waals surface area (Å²) < 4.78 is 31.5. The van der Waals surface area contributed by atoms with Crippen LogP contribution in [-0.2, 0) is 7.47 Å². The summed E-state index contributed by atoms with van der Waals surface area (Å²) in [7, 11) is 0. The van der Waals surface area contributed by atoms with E-state index in [0.717, 1.165) is 0 Å². The predicted octanol–water partition coefficient (Wildman–Crippen LogP) is -5.64. The Morgan fingerprint density at radius 3 is 1.53 bits per heavy atom. The topological polar surface area (TPSA) is 188 Å². The molecule has 0 aliphatic heterocycles. The van der Waals surface area contributed by atoms with Gasteiger partial charge in [0.2, 0.25) is 0 Å². The van der Waals surface area contributed by atoms with Crippen LogP contribution in [0.15, 0.2) is 0 Å². The van der Waals surface area contributed by atoms with E-state index in [-0.39, 0.29) is 0 Å². The van der Waals surface area contributed by atoms with Gasteiger partial charge in [-0.1, -0.05) is 0 Å². The normalized spacial score (nSPS) is 48.1. The molecule has 0 aromatic rings. The van der Waals surface area contributed by atoms with Gasteiger partial charge in [-0.25, -0.2) is 0 Å².